The van der Waals surface area contributed by atoms with E-state index in [1.165, 1.54) is 0 Å². The predicted octanol–water partition coefficient (Wildman–Crippen LogP) is 0.586. The number of carbonyl (C=O) groups is 1. The second kappa shape index (κ2) is 6.91. The molecule has 70 valence electrons. The molecule has 4 nitrogen and oxygen atoms in total. The Balaban J connectivity index is 3.11. The summed E-state index contributed by atoms with van der Waals surface area (Å²) in [6.45, 7) is 0.624. The van der Waals surface area contributed by atoms with Gasteiger partial charge in [-0.3, -0.25) is 9.79 Å². The maximum Gasteiger partial charge on any atom is 0.221 e. The molecule has 0 aliphatic carbocycles. The number of aliphatic imine (C=N–C) groups is 1. The number of nitrogens with two attached hydrogens (primary N) is 2. The summed E-state index contributed by atoms with van der Waals surface area (Å²) >= 11 is 5.13. The lowest BCUT2D eigenvalue weighted by Crippen LogP contribution is -2.22. The van der Waals surface area contributed by atoms with Crippen LogP contribution < -0.4 is 11.5 Å². The van der Waals surface area contributed by atoms with E-state index < -0.39 is 0 Å². The number of rotatable bonds is 6. The van der Waals surface area contributed by atoms with Gasteiger partial charge in [0, 0.05) is 13.0 Å². The van der Waals surface area contributed by atoms with Gasteiger partial charge >= 0.3 is 0 Å². The molecule has 0 rings (SSSR count). The molecule has 0 radical (unpaired) electrons. The highest BCUT2D eigenvalue weighted by molar-refractivity contribution is 6.63. The molecule has 0 amide bonds. The Labute approximate surface area is 77.0 Å². The largest absolute Gasteiger partial charge is 0.370 e. The van der Waals surface area contributed by atoms with Crippen molar-refractivity contribution in [1.82, 2.24) is 0 Å². The monoisotopic (exact) mass is 191 g/mol. The third kappa shape index (κ3) is 9.23. The molecule has 0 aromatic heterocycles. The molecule has 0 fully saturated rings. The lowest BCUT2D eigenvalue weighted by Gasteiger charge is -1.95. The van der Waals surface area contributed by atoms with Crippen LogP contribution in [0, 0.1) is 0 Å². The van der Waals surface area contributed by atoms with Gasteiger partial charge in [-0.1, -0.05) is 6.42 Å². The van der Waals surface area contributed by atoms with Crippen LogP contribution in [-0.4, -0.2) is 17.7 Å². The zero-order valence-electron chi connectivity index (χ0n) is 6.92. The van der Waals surface area contributed by atoms with Crippen LogP contribution in [0.15, 0.2) is 4.99 Å². The fraction of sp³-hybridized carbons (Fsp3) is 0.714. The maximum atomic E-state index is 10.3. The molecule has 0 spiro atoms. The van der Waals surface area contributed by atoms with E-state index in [-0.39, 0.29) is 11.2 Å². The van der Waals surface area contributed by atoms with Gasteiger partial charge in [-0.15, -0.1) is 0 Å². The minimum absolute atomic E-state index is 0.114. The van der Waals surface area contributed by atoms with E-state index >= 15 is 0 Å². The van der Waals surface area contributed by atoms with Gasteiger partial charge < -0.3 is 11.5 Å². The first-order chi connectivity index (χ1) is 5.63. The van der Waals surface area contributed by atoms with Gasteiger partial charge in [0.2, 0.25) is 5.24 Å². The molecule has 0 aromatic carbocycles. The van der Waals surface area contributed by atoms with Crippen LogP contribution in [0.2, 0.25) is 0 Å². The zero-order chi connectivity index (χ0) is 9.40. The average Bonchev–Trinajstić information content (AvgIpc) is 1.95. The normalized spacial score (nSPS) is 9.42. The Morgan fingerprint density at radius 2 is 1.92 bits per heavy atom. The number of hydrogen-bond donors (Lipinski definition) is 2. The molecule has 0 unspecified atom stereocenters. The summed E-state index contributed by atoms with van der Waals surface area (Å²) < 4.78 is 0. The number of halogens is 1. The fourth-order valence-electron chi connectivity index (χ4n) is 0.761. The number of nitrogens with zero attached hydrogens (tertiary/aromatic N) is 1. The Morgan fingerprint density at radius 3 is 2.42 bits per heavy atom. The number of carbonyl (C=O) groups excluding carboxylic acids is 1. The Kier molecular flexibility index (Phi) is 6.47. The van der Waals surface area contributed by atoms with Crippen molar-refractivity contribution < 1.29 is 4.79 Å². The van der Waals surface area contributed by atoms with Crippen LogP contribution in [0.5, 0.6) is 0 Å². The SMILES string of the molecule is NC(N)=NCCCCCC(=O)Cl. The number of guanidine groups is 1. The first kappa shape index (κ1) is 11.2. The van der Waals surface area contributed by atoms with Gasteiger partial charge in [0.15, 0.2) is 5.96 Å². The van der Waals surface area contributed by atoms with Crippen molar-refractivity contribution >= 4 is 22.8 Å². The molecule has 0 bridgehead atoms. The molecule has 0 saturated heterocycles. The quantitative estimate of drug-likeness (QED) is 0.279. The molecule has 4 N–H and O–H groups in total. The second-order valence-corrected chi connectivity index (χ2v) is 2.89. The lowest BCUT2D eigenvalue weighted by atomic mass is 10.2. The van der Waals surface area contributed by atoms with E-state index in [2.05, 4.69) is 4.99 Å². The molecule has 0 atom stereocenters. The zero-order valence-corrected chi connectivity index (χ0v) is 7.68. The molecule has 0 aromatic rings. The van der Waals surface area contributed by atoms with Crippen molar-refractivity contribution in [2.75, 3.05) is 6.54 Å². The summed E-state index contributed by atoms with van der Waals surface area (Å²) in [7, 11) is 0. The molecule has 0 heterocycles. The Hall–Kier alpha value is -0.770. The van der Waals surface area contributed by atoms with Crippen molar-refractivity contribution in [1.29, 1.82) is 0 Å². The topological polar surface area (TPSA) is 81.5 Å². The smallest absolute Gasteiger partial charge is 0.221 e. The fourth-order valence-corrected chi connectivity index (χ4v) is 0.894. The van der Waals surface area contributed by atoms with Crippen molar-refractivity contribution in [3.8, 4) is 0 Å². The highest BCUT2D eigenvalue weighted by Crippen LogP contribution is 2.02. The molecule has 5 heteroatoms. The van der Waals surface area contributed by atoms with Gasteiger partial charge in [-0.2, -0.15) is 0 Å². The molecule has 0 saturated carbocycles. The van der Waals surface area contributed by atoms with Crippen LogP contribution in [0.4, 0.5) is 0 Å². The lowest BCUT2D eigenvalue weighted by molar-refractivity contribution is -0.111. The van der Waals surface area contributed by atoms with Gasteiger partial charge in [0.1, 0.15) is 0 Å². The van der Waals surface area contributed by atoms with Gasteiger partial charge in [0.25, 0.3) is 0 Å². The second-order valence-electron chi connectivity index (χ2n) is 2.47. The number of unbranched alkanes of at least 4 members (excludes halogenated alkanes) is 2. The molecular weight excluding hydrogens is 178 g/mol. The Bertz CT molecular complexity index is 166. The summed E-state index contributed by atoms with van der Waals surface area (Å²) in [6.07, 6.45) is 3.06. The molecule has 12 heavy (non-hydrogen) atoms. The van der Waals surface area contributed by atoms with Crippen molar-refractivity contribution in [3.05, 3.63) is 0 Å². The third-order valence-electron chi connectivity index (χ3n) is 1.33. The summed E-state index contributed by atoms with van der Waals surface area (Å²) in [4.78, 5) is 14.1. The molecular formula is C7H14ClN3O. The van der Waals surface area contributed by atoms with Gasteiger partial charge in [0.05, 0.1) is 0 Å². The van der Waals surface area contributed by atoms with E-state index in [4.69, 9.17) is 23.1 Å². The van der Waals surface area contributed by atoms with Gasteiger partial charge in [-0.25, -0.2) is 0 Å². The highest BCUT2D eigenvalue weighted by atomic mass is 35.5. The first-order valence-corrected chi connectivity index (χ1v) is 4.24. The third-order valence-corrected chi connectivity index (χ3v) is 1.51. The predicted molar refractivity (Wildman–Crippen MR) is 50.0 cm³/mol. The number of hydrogen-bond acceptors (Lipinski definition) is 2. The Morgan fingerprint density at radius 1 is 1.25 bits per heavy atom. The van der Waals surface area contributed by atoms with E-state index in [1.54, 1.807) is 0 Å². The van der Waals surface area contributed by atoms with Crippen molar-refractivity contribution in [3.63, 3.8) is 0 Å². The van der Waals surface area contributed by atoms with Crippen LogP contribution >= 0.6 is 11.6 Å². The minimum Gasteiger partial charge on any atom is -0.370 e. The standard InChI is InChI=1S/C7H14ClN3O/c8-6(12)4-2-1-3-5-11-7(9)10/h1-5H2,(H4,9,10,11). The average molecular weight is 192 g/mol. The summed E-state index contributed by atoms with van der Waals surface area (Å²) in [6, 6.07) is 0. The van der Waals surface area contributed by atoms with E-state index in [0.29, 0.717) is 13.0 Å². The highest BCUT2D eigenvalue weighted by Gasteiger charge is 1.94. The summed E-state index contributed by atoms with van der Waals surface area (Å²) in [5.41, 5.74) is 10.2. The summed E-state index contributed by atoms with van der Waals surface area (Å²) in [5.74, 6) is 0.114. The van der Waals surface area contributed by atoms with E-state index in [0.717, 1.165) is 19.3 Å². The van der Waals surface area contributed by atoms with Crippen molar-refractivity contribution in [2.45, 2.75) is 25.7 Å². The van der Waals surface area contributed by atoms with Crippen LogP contribution in [0.3, 0.4) is 0 Å². The molecule has 0 aliphatic rings. The van der Waals surface area contributed by atoms with Gasteiger partial charge in [-0.05, 0) is 24.4 Å². The molecule has 0 aliphatic heterocycles. The minimum atomic E-state index is -0.281. The first-order valence-electron chi connectivity index (χ1n) is 3.86. The summed E-state index contributed by atoms with van der Waals surface area (Å²) in [5, 5.41) is -0.281. The van der Waals surface area contributed by atoms with Crippen LogP contribution in [0.25, 0.3) is 0 Å². The van der Waals surface area contributed by atoms with E-state index in [1.807, 2.05) is 0 Å². The van der Waals surface area contributed by atoms with Crippen LogP contribution in [0.1, 0.15) is 25.7 Å². The van der Waals surface area contributed by atoms with E-state index in [9.17, 15) is 4.79 Å². The van der Waals surface area contributed by atoms with Crippen molar-refractivity contribution in [2.24, 2.45) is 16.5 Å². The van der Waals surface area contributed by atoms with Crippen LogP contribution in [-0.2, 0) is 4.79 Å². The maximum absolute atomic E-state index is 10.3.